The van der Waals surface area contributed by atoms with Gasteiger partial charge in [0.15, 0.2) is 5.13 Å². The Morgan fingerprint density at radius 3 is 2.90 bits per heavy atom. The van der Waals surface area contributed by atoms with Gasteiger partial charge >= 0.3 is 5.97 Å². The Morgan fingerprint density at radius 1 is 1.43 bits per heavy atom. The Kier molecular flexibility index (Phi) is 4.31. The van der Waals surface area contributed by atoms with E-state index in [4.69, 9.17) is 16.7 Å². The molecule has 0 bridgehead atoms. The van der Waals surface area contributed by atoms with Crippen LogP contribution in [0.2, 0.25) is 5.02 Å². The first-order chi connectivity index (χ1) is 10.1. The van der Waals surface area contributed by atoms with Crippen molar-refractivity contribution in [3.05, 3.63) is 23.2 Å². The van der Waals surface area contributed by atoms with Gasteiger partial charge in [-0.1, -0.05) is 35.8 Å². The predicted octanol–water partition coefficient (Wildman–Crippen LogP) is 4.17. The van der Waals surface area contributed by atoms with Gasteiger partial charge in [0.2, 0.25) is 0 Å². The molecule has 0 atom stereocenters. The van der Waals surface area contributed by atoms with E-state index in [1.54, 1.807) is 11.3 Å². The number of nitrogens with zero attached hydrogens (tertiary/aromatic N) is 2. The van der Waals surface area contributed by atoms with E-state index in [1.165, 1.54) is 12.8 Å². The molecule has 1 aliphatic carbocycles. The van der Waals surface area contributed by atoms with Crippen LogP contribution in [0, 0.1) is 0 Å². The van der Waals surface area contributed by atoms with Crippen LogP contribution >= 0.6 is 22.9 Å². The van der Waals surface area contributed by atoms with Crippen LogP contribution in [-0.2, 0) is 4.79 Å². The number of benzene rings is 1. The average molecular weight is 325 g/mol. The van der Waals surface area contributed by atoms with Gasteiger partial charge in [-0.25, -0.2) is 4.98 Å². The monoisotopic (exact) mass is 324 g/mol. The van der Waals surface area contributed by atoms with E-state index >= 15 is 0 Å². The molecule has 0 amide bonds. The number of rotatable bonds is 5. The van der Waals surface area contributed by atoms with Gasteiger partial charge in [-0.3, -0.25) is 4.79 Å². The average Bonchev–Trinajstić information content (AvgIpc) is 3.07. The Hall–Kier alpha value is -1.33. The second-order valence-corrected chi connectivity index (χ2v) is 6.83. The van der Waals surface area contributed by atoms with Crippen LogP contribution in [0.5, 0.6) is 0 Å². The Bertz CT molecular complexity index is 652. The number of carboxylic acids is 1. The summed E-state index contributed by atoms with van der Waals surface area (Å²) in [5, 5.41) is 10.6. The third kappa shape index (κ3) is 3.30. The van der Waals surface area contributed by atoms with E-state index in [1.807, 2.05) is 18.2 Å². The molecule has 0 spiro atoms. The topological polar surface area (TPSA) is 53.4 Å². The molecule has 6 heteroatoms. The highest BCUT2D eigenvalue weighted by molar-refractivity contribution is 7.22. The van der Waals surface area contributed by atoms with E-state index in [-0.39, 0.29) is 6.42 Å². The summed E-state index contributed by atoms with van der Waals surface area (Å²) in [6, 6.07) is 6.09. The summed E-state index contributed by atoms with van der Waals surface area (Å²) in [4.78, 5) is 17.8. The molecule has 0 radical (unpaired) electrons. The highest BCUT2D eigenvalue weighted by Crippen LogP contribution is 2.35. The first-order valence-electron chi connectivity index (χ1n) is 7.18. The predicted molar refractivity (Wildman–Crippen MR) is 86.5 cm³/mol. The van der Waals surface area contributed by atoms with Crippen LogP contribution in [0.25, 0.3) is 10.2 Å². The van der Waals surface area contributed by atoms with E-state index < -0.39 is 5.97 Å². The second kappa shape index (κ2) is 6.20. The van der Waals surface area contributed by atoms with Gasteiger partial charge in [0.1, 0.15) is 0 Å². The molecular weight excluding hydrogens is 308 g/mol. The van der Waals surface area contributed by atoms with Crippen LogP contribution in [-0.4, -0.2) is 28.6 Å². The number of carboxylic acid groups (broad SMARTS) is 1. The molecule has 4 nitrogen and oxygen atoms in total. The van der Waals surface area contributed by atoms with E-state index in [0.717, 1.165) is 28.2 Å². The Labute approximate surface area is 132 Å². The van der Waals surface area contributed by atoms with E-state index in [0.29, 0.717) is 17.6 Å². The van der Waals surface area contributed by atoms with Gasteiger partial charge in [0.05, 0.1) is 16.6 Å². The summed E-state index contributed by atoms with van der Waals surface area (Å²) in [5.74, 6) is -0.762. The van der Waals surface area contributed by atoms with Crippen molar-refractivity contribution in [1.29, 1.82) is 0 Å². The van der Waals surface area contributed by atoms with Crippen LogP contribution in [0.1, 0.15) is 32.1 Å². The van der Waals surface area contributed by atoms with Crippen molar-refractivity contribution >= 4 is 44.3 Å². The Balaban J connectivity index is 1.90. The summed E-state index contributed by atoms with van der Waals surface area (Å²) < 4.78 is 1.05. The van der Waals surface area contributed by atoms with E-state index in [9.17, 15) is 4.79 Å². The molecule has 112 valence electrons. The van der Waals surface area contributed by atoms with Crippen molar-refractivity contribution in [1.82, 2.24) is 4.98 Å². The molecule has 1 aromatic carbocycles. The largest absolute Gasteiger partial charge is 0.481 e. The molecule has 0 unspecified atom stereocenters. The molecule has 1 N–H and O–H groups in total. The quantitative estimate of drug-likeness (QED) is 0.896. The molecule has 0 aliphatic heterocycles. The van der Waals surface area contributed by atoms with E-state index in [2.05, 4.69) is 9.88 Å². The smallest absolute Gasteiger partial charge is 0.305 e. The highest BCUT2D eigenvalue weighted by atomic mass is 35.5. The van der Waals surface area contributed by atoms with Crippen LogP contribution in [0.15, 0.2) is 18.2 Å². The number of fused-ring (bicyclic) bond motifs is 1. The molecule has 1 fully saturated rings. The van der Waals surface area contributed by atoms with Crippen molar-refractivity contribution in [2.24, 2.45) is 0 Å². The zero-order valence-electron chi connectivity index (χ0n) is 11.6. The maximum atomic E-state index is 10.9. The summed E-state index contributed by atoms with van der Waals surface area (Å²) in [5.41, 5.74) is 0.928. The molecule has 1 saturated carbocycles. The number of halogens is 1. The normalized spacial score (nSPS) is 15.7. The number of carbonyl (C=O) groups is 1. The fraction of sp³-hybridized carbons (Fsp3) is 0.467. The lowest BCUT2D eigenvalue weighted by atomic mass is 10.2. The maximum absolute atomic E-state index is 10.9. The lowest BCUT2D eigenvalue weighted by molar-refractivity contribution is -0.136. The molecular formula is C15H17ClN2O2S. The van der Waals surface area contributed by atoms with Crippen molar-refractivity contribution in [2.75, 3.05) is 11.4 Å². The molecule has 2 aromatic rings. The van der Waals surface area contributed by atoms with Crippen molar-refractivity contribution < 1.29 is 9.90 Å². The maximum Gasteiger partial charge on any atom is 0.305 e. The number of aliphatic carboxylic acids is 1. The summed E-state index contributed by atoms with van der Waals surface area (Å²) in [7, 11) is 0. The Morgan fingerprint density at radius 2 is 2.19 bits per heavy atom. The minimum absolute atomic E-state index is 0.146. The molecule has 21 heavy (non-hydrogen) atoms. The number of hydrogen-bond donors (Lipinski definition) is 1. The summed E-state index contributed by atoms with van der Waals surface area (Å²) in [6.07, 6.45) is 4.82. The van der Waals surface area contributed by atoms with Gasteiger partial charge in [0, 0.05) is 17.6 Å². The van der Waals surface area contributed by atoms with Gasteiger partial charge < -0.3 is 10.0 Å². The second-order valence-electron chi connectivity index (χ2n) is 5.38. The third-order valence-corrected chi connectivity index (χ3v) is 5.21. The number of hydrogen-bond acceptors (Lipinski definition) is 4. The van der Waals surface area contributed by atoms with Gasteiger partial charge in [-0.05, 0) is 31.0 Å². The van der Waals surface area contributed by atoms with Crippen molar-refractivity contribution in [3.8, 4) is 0 Å². The minimum Gasteiger partial charge on any atom is -0.481 e. The molecule has 1 aromatic heterocycles. The molecule has 1 aliphatic rings. The zero-order chi connectivity index (χ0) is 14.8. The zero-order valence-corrected chi connectivity index (χ0v) is 13.2. The first kappa shape index (κ1) is 14.6. The fourth-order valence-corrected chi connectivity index (χ4v) is 4.21. The first-order valence-corrected chi connectivity index (χ1v) is 8.37. The lowest BCUT2D eigenvalue weighted by Gasteiger charge is -2.27. The van der Waals surface area contributed by atoms with Crippen molar-refractivity contribution in [3.63, 3.8) is 0 Å². The third-order valence-electron chi connectivity index (χ3n) is 3.92. The van der Waals surface area contributed by atoms with Gasteiger partial charge in [0.25, 0.3) is 0 Å². The standard InChI is InChI=1S/C15H17ClN2O2S/c16-10-5-6-12-13(9-10)21-15(17-12)18(8-7-14(19)20)11-3-1-2-4-11/h5-6,9,11H,1-4,7-8H2,(H,19,20). The molecule has 0 saturated heterocycles. The fourth-order valence-electron chi connectivity index (χ4n) is 2.88. The number of thiazole rings is 1. The van der Waals surface area contributed by atoms with Crippen LogP contribution in [0.4, 0.5) is 5.13 Å². The van der Waals surface area contributed by atoms with Gasteiger partial charge in [-0.15, -0.1) is 0 Å². The van der Waals surface area contributed by atoms with Crippen molar-refractivity contribution in [2.45, 2.75) is 38.1 Å². The van der Waals surface area contributed by atoms with Crippen LogP contribution in [0.3, 0.4) is 0 Å². The highest BCUT2D eigenvalue weighted by Gasteiger charge is 2.25. The van der Waals surface area contributed by atoms with Crippen LogP contribution < -0.4 is 4.90 Å². The lowest BCUT2D eigenvalue weighted by Crippen LogP contribution is -2.35. The number of anilines is 1. The molecule has 1 heterocycles. The van der Waals surface area contributed by atoms with Gasteiger partial charge in [-0.2, -0.15) is 0 Å². The molecule has 3 rings (SSSR count). The SMILES string of the molecule is O=C(O)CCN(c1nc2ccc(Cl)cc2s1)C1CCCC1. The summed E-state index contributed by atoms with van der Waals surface area (Å²) in [6.45, 7) is 0.521. The minimum atomic E-state index is -0.762. The summed E-state index contributed by atoms with van der Waals surface area (Å²) >= 11 is 7.62. The number of aromatic nitrogens is 1.